The number of carbonyl (C=O) groups is 1. The number of phenolic OH excluding ortho intramolecular Hbond substituents is 4. The number of ketones is 1. The Balaban J connectivity index is 1.48. The van der Waals surface area contributed by atoms with Crippen LogP contribution in [0.5, 0.6) is 28.7 Å². The van der Waals surface area contributed by atoms with E-state index in [1.807, 2.05) is 30.3 Å². The molecule has 0 amide bonds. The first-order valence-corrected chi connectivity index (χ1v) is 13.9. The molecule has 1 aliphatic rings. The Morgan fingerprint density at radius 2 is 1.57 bits per heavy atom. The summed E-state index contributed by atoms with van der Waals surface area (Å²) >= 11 is 0. The molecule has 42 heavy (non-hydrogen) atoms. The summed E-state index contributed by atoms with van der Waals surface area (Å²) < 4.78 is 11.9. The first-order chi connectivity index (χ1) is 20.3. The van der Waals surface area contributed by atoms with Crippen molar-refractivity contribution in [2.75, 3.05) is 7.11 Å². The fourth-order valence-electron chi connectivity index (χ4n) is 5.60. The van der Waals surface area contributed by atoms with Gasteiger partial charge in [-0.15, -0.1) is 0 Å². The third-order valence-corrected chi connectivity index (χ3v) is 7.74. The van der Waals surface area contributed by atoms with E-state index in [9.17, 15) is 25.2 Å². The minimum absolute atomic E-state index is 0.0335. The van der Waals surface area contributed by atoms with Crippen LogP contribution in [0.3, 0.4) is 0 Å². The van der Waals surface area contributed by atoms with Gasteiger partial charge in [0.15, 0.2) is 5.78 Å². The number of phenols is 4. The Morgan fingerprint density at radius 3 is 2.24 bits per heavy atom. The average Bonchev–Trinajstić information content (AvgIpc) is 3.00. The lowest BCUT2D eigenvalue weighted by atomic mass is 9.80. The second-order valence-electron chi connectivity index (χ2n) is 10.6. The topological polar surface area (TPSA) is 116 Å². The molecule has 4 N–H and O–H groups in total. The second kappa shape index (κ2) is 12.8. The molecule has 5 rings (SSSR count). The van der Waals surface area contributed by atoms with Gasteiger partial charge in [-0.05, 0) is 78.6 Å². The van der Waals surface area contributed by atoms with Gasteiger partial charge in [0, 0.05) is 11.6 Å². The van der Waals surface area contributed by atoms with Crippen molar-refractivity contribution in [3.8, 4) is 28.7 Å². The van der Waals surface area contributed by atoms with Gasteiger partial charge in [0.1, 0.15) is 34.3 Å². The molecule has 3 atom stereocenters. The molecule has 1 fully saturated rings. The molecule has 0 aromatic heterocycles. The Hall–Kier alpha value is -4.75. The highest BCUT2D eigenvalue weighted by molar-refractivity contribution is 6.11. The van der Waals surface area contributed by atoms with Crippen molar-refractivity contribution >= 4 is 11.9 Å². The van der Waals surface area contributed by atoms with Crippen LogP contribution < -0.4 is 4.74 Å². The van der Waals surface area contributed by atoms with Gasteiger partial charge in [-0.1, -0.05) is 60.7 Å². The SMILES string of the molecule is COc1cc(O)c(C2CC(CCc3ccccc3)OC(c3ccc(O)cc3)C2)c(O)c1C(=O)/C=C/c1ccc(O)cc1. The van der Waals surface area contributed by atoms with Crippen LogP contribution in [0.4, 0.5) is 0 Å². The van der Waals surface area contributed by atoms with Crippen molar-refractivity contribution in [2.45, 2.75) is 43.8 Å². The zero-order chi connectivity index (χ0) is 29.6. The number of aryl methyl sites for hydroxylation is 1. The molecule has 0 spiro atoms. The average molecular weight is 567 g/mol. The Morgan fingerprint density at radius 1 is 0.905 bits per heavy atom. The third kappa shape index (κ3) is 6.58. The van der Waals surface area contributed by atoms with E-state index in [1.165, 1.54) is 36.9 Å². The van der Waals surface area contributed by atoms with E-state index in [0.29, 0.717) is 18.4 Å². The Kier molecular flexibility index (Phi) is 8.79. The number of aromatic hydroxyl groups is 4. The van der Waals surface area contributed by atoms with Crippen LogP contribution in [-0.2, 0) is 11.2 Å². The third-order valence-electron chi connectivity index (χ3n) is 7.74. The van der Waals surface area contributed by atoms with E-state index in [4.69, 9.17) is 9.47 Å². The quantitative estimate of drug-likeness (QED) is 0.127. The number of ether oxygens (including phenoxy) is 2. The predicted molar refractivity (Wildman–Crippen MR) is 160 cm³/mol. The standard InChI is InChI=1S/C35H34O7/c1-41-32-21-30(39)33(35(40)34(32)29(38)18-10-23-7-13-26(36)14-8-23)25-19-28(17-9-22-5-3-2-4-6-22)42-31(20-25)24-11-15-27(37)16-12-24/h2-8,10-16,18,21,25,28,31,36-37,39-40H,9,17,19-20H2,1H3/b18-10+. The molecule has 1 saturated heterocycles. The molecule has 1 aliphatic heterocycles. The van der Waals surface area contributed by atoms with Crippen molar-refractivity contribution < 1.29 is 34.7 Å². The van der Waals surface area contributed by atoms with E-state index in [0.717, 1.165) is 18.4 Å². The molecule has 0 aliphatic carbocycles. The summed E-state index contributed by atoms with van der Waals surface area (Å²) in [6, 6.07) is 24.7. The fraction of sp³-hybridized carbons (Fsp3) is 0.229. The van der Waals surface area contributed by atoms with Gasteiger partial charge >= 0.3 is 0 Å². The predicted octanol–water partition coefficient (Wildman–Crippen LogP) is 7.05. The Labute approximate surface area is 244 Å². The molecule has 4 aromatic carbocycles. The molecule has 216 valence electrons. The van der Waals surface area contributed by atoms with Crippen LogP contribution in [0.25, 0.3) is 6.08 Å². The Bertz CT molecular complexity index is 1540. The van der Waals surface area contributed by atoms with Crippen LogP contribution in [-0.4, -0.2) is 39.4 Å². The maximum atomic E-state index is 13.4. The maximum absolute atomic E-state index is 13.4. The van der Waals surface area contributed by atoms with Gasteiger partial charge in [-0.3, -0.25) is 4.79 Å². The van der Waals surface area contributed by atoms with Crippen molar-refractivity contribution in [3.05, 3.63) is 119 Å². The van der Waals surface area contributed by atoms with Gasteiger partial charge in [-0.2, -0.15) is 0 Å². The molecular formula is C35H34O7. The number of hydrogen-bond donors (Lipinski definition) is 4. The van der Waals surface area contributed by atoms with Gasteiger partial charge in [-0.25, -0.2) is 0 Å². The lowest BCUT2D eigenvalue weighted by Crippen LogP contribution is -2.28. The highest BCUT2D eigenvalue weighted by Gasteiger charge is 2.36. The van der Waals surface area contributed by atoms with Gasteiger partial charge in [0.2, 0.25) is 0 Å². The first-order valence-electron chi connectivity index (χ1n) is 13.9. The van der Waals surface area contributed by atoms with E-state index >= 15 is 0 Å². The van der Waals surface area contributed by atoms with Crippen molar-refractivity contribution in [2.24, 2.45) is 0 Å². The normalized spacial score (nSPS) is 18.6. The van der Waals surface area contributed by atoms with Gasteiger partial charge < -0.3 is 29.9 Å². The molecular weight excluding hydrogens is 532 g/mol. The summed E-state index contributed by atoms with van der Waals surface area (Å²) in [4.78, 5) is 13.4. The van der Waals surface area contributed by atoms with Crippen molar-refractivity contribution in [1.29, 1.82) is 0 Å². The number of benzene rings is 4. The zero-order valence-electron chi connectivity index (χ0n) is 23.3. The number of methoxy groups -OCH3 is 1. The van der Waals surface area contributed by atoms with Crippen molar-refractivity contribution in [3.63, 3.8) is 0 Å². The maximum Gasteiger partial charge on any atom is 0.193 e. The molecule has 7 nitrogen and oxygen atoms in total. The second-order valence-corrected chi connectivity index (χ2v) is 10.6. The number of hydrogen-bond acceptors (Lipinski definition) is 7. The largest absolute Gasteiger partial charge is 0.508 e. The van der Waals surface area contributed by atoms with Crippen LogP contribution in [0.15, 0.2) is 91.0 Å². The van der Waals surface area contributed by atoms with Crippen LogP contribution >= 0.6 is 0 Å². The summed E-state index contributed by atoms with van der Waals surface area (Å²) in [5.41, 5.74) is 3.01. The summed E-state index contributed by atoms with van der Waals surface area (Å²) in [6.07, 6.45) is 4.90. The minimum Gasteiger partial charge on any atom is -0.508 e. The zero-order valence-corrected chi connectivity index (χ0v) is 23.3. The number of carbonyl (C=O) groups excluding carboxylic acids is 1. The van der Waals surface area contributed by atoms with Gasteiger partial charge in [0.05, 0.1) is 19.3 Å². The van der Waals surface area contributed by atoms with E-state index in [2.05, 4.69) is 12.1 Å². The first kappa shape index (κ1) is 28.8. The summed E-state index contributed by atoms with van der Waals surface area (Å²) in [6.45, 7) is 0. The highest BCUT2D eigenvalue weighted by atomic mass is 16.5. The molecule has 0 bridgehead atoms. The number of allylic oxidation sites excluding steroid dienone is 1. The van der Waals surface area contributed by atoms with E-state index in [-0.39, 0.29) is 58.0 Å². The lowest BCUT2D eigenvalue weighted by Gasteiger charge is -2.37. The van der Waals surface area contributed by atoms with Crippen LogP contribution in [0.1, 0.15) is 63.9 Å². The molecule has 3 unspecified atom stereocenters. The van der Waals surface area contributed by atoms with Crippen LogP contribution in [0.2, 0.25) is 0 Å². The monoisotopic (exact) mass is 566 g/mol. The summed E-state index contributed by atoms with van der Waals surface area (Å²) in [5, 5.41) is 42.0. The smallest absolute Gasteiger partial charge is 0.193 e. The molecule has 1 heterocycles. The molecule has 0 saturated carbocycles. The molecule has 0 radical (unpaired) electrons. The van der Waals surface area contributed by atoms with E-state index in [1.54, 1.807) is 30.3 Å². The van der Waals surface area contributed by atoms with Crippen molar-refractivity contribution in [1.82, 2.24) is 0 Å². The van der Waals surface area contributed by atoms with Crippen LogP contribution in [0, 0.1) is 0 Å². The fourth-order valence-corrected chi connectivity index (χ4v) is 5.60. The summed E-state index contributed by atoms with van der Waals surface area (Å²) in [5.74, 6) is -0.937. The minimum atomic E-state index is -0.485. The highest BCUT2D eigenvalue weighted by Crippen LogP contribution is 2.50. The molecule has 7 heteroatoms. The van der Waals surface area contributed by atoms with Gasteiger partial charge in [0.25, 0.3) is 0 Å². The summed E-state index contributed by atoms with van der Waals surface area (Å²) in [7, 11) is 1.38. The molecule has 4 aromatic rings. The number of rotatable bonds is 9. The lowest BCUT2D eigenvalue weighted by molar-refractivity contribution is -0.0632. The van der Waals surface area contributed by atoms with E-state index < -0.39 is 5.78 Å².